The zero-order valence-electron chi connectivity index (χ0n) is 9.28. The Balaban J connectivity index is 3.25. The standard InChI is InChI=1S/C9H14ClN3O2S/c1-6-8(10)4-7(5-9(6)11)16(14,15)12-13(2)3/h4-5,12H,11H2,1-3H3. The molecule has 0 amide bonds. The first-order chi connectivity index (χ1) is 7.24. The molecule has 0 spiro atoms. The third-order valence-corrected chi connectivity index (χ3v) is 3.83. The number of nitrogen functional groups attached to an aromatic ring is 1. The van der Waals surface area contributed by atoms with Crippen molar-refractivity contribution in [2.24, 2.45) is 0 Å². The lowest BCUT2D eigenvalue weighted by molar-refractivity contribution is 0.364. The van der Waals surface area contributed by atoms with Crippen LogP contribution in [-0.2, 0) is 10.0 Å². The molecule has 0 unspecified atom stereocenters. The number of nitrogens with one attached hydrogen (secondary N) is 1. The van der Waals surface area contributed by atoms with Crippen LogP contribution < -0.4 is 10.6 Å². The maximum absolute atomic E-state index is 11.8. The van der Waals surface area contributed by atoms with Crippen molar-refractivity contribution in [3.05, 3.63) is 22.7 Å². The predicted octanol–water partition coefficient (Wildman–Crippen LogP) is 0.986. The fourth-order valence-corrected chi connectivity index (χ4v) is 2.56. The minimum atomic E-state index is -3.61. The lowest BCUT2D eigenvalue weighted by Gasteiger charge is -2.14. The van der Waals surface area contributed by atoms with Gasteiger partial charge in [0.2, 0.25) is 0 Å². The number of hydrazine groups is 1. The summed E-state index contributed by atoms with van der Waals surface area (Å²) < 4.78 is 23.6. The zero-order chi connectivity index (χ0) is 12.5. The summed E-state index contributed by atoms with van der Waals surface area (Å²) >= 11 is 5.88. The summed E-state index contributed by atoms with van der Waals surface area (Å²) in [5.74, 6) is 0. The Kier molecular flexibility index (Phi) is 3.80. The Hall–Kier alpha value is -0.820. The smallest absolute Gasteiger partial charge is 0.253 e. The molecule has 5 nitrogen and oxygen atoms in total. The van der Waals surface area contributed by atoms with Crippen molar-refractivity contribution in [3.63, 3.8) is 0 Å². The molecule has 0 heterocycles. The minimum absolute atomic E-state index is 0.0503. The molecule has 0 atom stereocenters. The molecule has 0 bridgehead atoms. The van der Waals surface area contributed by atoms with Crippen molar-refractivity contribution in [1.82, 2.24) is 9.84 Å². The van der Waals surface area contributed by atoms with Crippen LogP contribution >= 0.6 is 11.6 Å². The molecule has 1 rings (SSSR count). The highest BCUT2D eigenvalue weighted by atomic mass is 35.5. The predicted molar refractivity (Wildman–Crippen MR) is 64.6 cm³/mol. The molecule has 0 saturated heterocycles. The minimum Gasteiger partial charge on any atom is -0.398 e. The molecule has 0 fully saturated rings. The van der Waals surface area contributed by atoms with E-state index in [4.69, 9.17) is 17.3 Å². The third kappa shape index (κ3) is 2.85. The summed E-state index contributed by atoms with van der Waals surface area (Å²) in [7, 11) is -0.450. The van der Waals surface area contributed by atoms with Crippen molar-refractivity contribution < 1.29 is 8.42 Å². The number of nitrogens with zero attached hydrogens (tertiary/aromatic N) is 1. The molecule has 0 aliphatic rings. The molecule has 0 aliphatic heterocycles. The maximum atomic E-state index is 11.8. The Morgan fingerprint density at radius 2 is 1.94 bits per heavy atom. The monoisotopic (exact) mass is 263 g/mol. The van der Waals surface area contributed by atoms with Gasteiger partial charge in [0.25, 0.3) is 10.0 Å². The molecule has 16 heavy (non-hydrogen) atoms. The molecule has 0 aliphatic carbocycles. The van der Waals surface area contributed by atoms with Crippen molar-refractivity contribution in [2.75, 3.05) is 19.8 Å². The van der Waals surface area contributed by atoms with Crippen LogP contribution in [0.4, 0.5) is 5.69 Å². The molecule has 3 N–H and O–H groups in total. The number of anilines is 1. The average molecular weight is 264 g/mol. The summed E-state index contributed by atoms with van der Waals surface area (Å²) in [6, 6.07) is 2.76. The number of halogens is 1. The summed E-state index contributed by atoms with van der Waals surface area (Å²) in [5, 5.41) is 1.67. The van der Waals surface area contributed by atoms with Crippen LogP contribution in [0.3, 0.4) is 0 Å². The second-order valence-electron chi connectivity index (χ2n) is 3.61. The second-order valence-corrected chi connectivity index (χ2v) is 5.68. The van der Waals surface area contributed by atoms with Crippen molar-refractivity contribution in [1.29, 1.82) is 0 Å². The van der Waals surface area contributed by atoms with Gasteiger partial charge in [-0.15, -0.1) is 4.83 Å². The van der Waals surface area contributed by atoms with Crippen LogP contribution in [0.1, 0.15) is 5.56 Å². The van der Waals surface area contributed by atoms with Crippen molar-refractivity contribution >= 4 is 27.3 Å². The Morgan fingerprint density at radius 1 is 1.38 bits per heavy atom. The SMILES string of the molecule is Cc1c(N)cc(S(=O)(=O)NN(C)C)cc1Cl. The summed E-state index contributed by atoms with van der Waals surface area (Å²) in [4.78, 5) is 2.35. The summed E-state index contributed by atoms with van der Waals surface area (Å²) in [6.45, 7) is 1.73. The van der Waals surface area contributed by atoms with Gasteiger partial charge in [0.15, 0.2) is 0 Å². The number of hydrogen-bond donors (Lipinski definition) is 2. The third-order valence-electron chi connectivity index (χ3n) is 1.97. The average Bonchev–Trinajstić information content (AvgIpc) is 2.11. The van der Waals surface area contributed by atoms with E-state index in [2.05, 4.69) is 4.83 Å². The molecular weight excluding hydrogens is 250 g/mol. The van der Waals surface area contributed by atoms with Gasteiger partial charge in [0.1, 0.15) is 0 Å². The van der Waals surface area contributed by atoms with E-state index in [-0.39, 0.29) is 4.90 Å². The number of nitrogens with two attached hydrogens (primary N) is 1. The van der Waals surface area contributed by atoms with Crippen LogP contribution in [0.2, 0.25) is 5.02 Å². The Bertz CT molecular complexity index is 476. The number of rotatable bonds is 3. The highest BCUT2D eigenvalue weighted by molar-refractivity contribution is 7.89. The quantitative estimate of drug-likeness (QED) is 0.630. The first kappa shape index (κ1) is 13.2. The van der Waals surface area contributed by atoms with E-state index in [1.165, 1.54) is 17.1 Å². The largest absolute Gasteiger partial charge is 0.398 e. The highest BCUT2D eigenvalue weighted by Crippen LogP contribution is 2.25. The van der Waals surface area contributed by atoms with Gasteiger partial charge >= 0.3 is 0 Å². The van der Waals surface area contributed by atoms with Crippen LogP contribution in [0.5, 0.6) is 0 Å². The number of benzene rings is 1. The van der Waals surface area contributed by atoms with E-state index in [0.717, 1.165) is 0 Å². The maximum Gasteiger partial charge on any atom is 0.253 e. The molecule has 1 aromatic rings. The normalized spacial score (nSPS) is 12.1. The first-order valence-electron chi connectivity index (χ1n) is 4.49. The molecule has 0 saturated carbocycles. The zero-order valence-corrected chi connectivity index (χ0v) is 10.9. The van der Waals surface area contributed by atoms with Crippen LogP contribution in [-0.4, -0.2) is 27.5 Å². The van der Waals surface area contributed by atoms with Crippen molar-refractivity contribution in [3.8, 4) is 0 Å². The van der Waals surface area contributed by atoms with Gasteiger partial charge in [-0.1, -0.05) is 11.6 Å². The number of sulfonamides is 1. The summed E-state index contributed by atoms with van der Waals surface area (Å²) in [5.41, 5.74) is 6.68. The molecule has 7 heteroatoms. The Labute approximate surface area is 100 Å². The van der Waals surface area contributed by atoms with Gasteiger partial charge in [-0.3, -0.25) is 0 Å². The topological polar surface area (TPSA) is 75.4 Å². The van der Waals surface area contributed by atoms with Gasteiger partial charge in [-0.2, -0.15) is 0 Å². The fourth-order valence-electron chi connectivity index (χ4n) is 1.12. The van der Waals surface area contributed by atoms with Crippen molar-refractivity contribution in [2.45, 2.75) is 11.8 Å². The van der Waals surface area contributed by atoms with E-state index < -0.39 is 10.0 Å². The molecule has 1 aromatic carbocycles. The van der Waals surface area contributed by atoms with E-state index in [1.54, 1.807) is 21.0 Å². The Morgan fingerprint density at radius 3 is 2.38 bits per heavy atom. The molecule has 0 aromatic heterocycles. The van der Waals surface area contributed by atoms with Gasteiger partial charge < -0.3 is 5.73 Å². The second kappa shape index (κ2) is 4.58. The van der Waals surface area contributed by atoms with Gasteiger partial charge in [0.05, 0.1) is 4.90 Å². The molecular formula is C9H14ClN3O2S. The molecule has 0 radical (unpaired) electrons. The van der Waals surface area contributed by atoms with Gasteiger partial charge in [0, 0.05) is 24.8 Å². The van der Waals surface area contributed by atoms with E-state index in [1.807, 2.05) is 0 Å². The fraction of sp³-hybridized carbons (Fsp3) is 0.333. The van der Waals surface area contributed by atoms with E-state index >= 15 is 0 Å². The summed E-state index contributed by atoms with van der Waals surface area (Å²) in [6.07, 6.45) is 0. The van der Waals surface area contributed by atoms with Gasteiger partial charge in [-0.05, 0) is 24.6 Å². The van der Waals surface area contributed by atoms with E-state index in [9.17, 15) is 8.42 Å². The highest BCUT2D eigenvalue weighted by Gasteiger charge is 2.17. The van der Waals surface area contributed by atoms with Crippen LogP contribution in [0.25, 0.3) is 0 Å². The van der Waals surface area contributed by atoms with Gasteiger partial charge in [-0.25, -0.2) is 13.4 Å². The first-order valence-corrected chi connectivity index (χ1v) is 6.35. The lowest BCUT2D eigenvalue weighted by Crippen LogP contribution is -2.36. The van der Waals surface area contributed by atoms with Crippen LogP contribution in [0.15, 0.2) is 17.0 Å². The number of hydrogen-bond acceptors (Lipinski definition) is 4. The molecule has 90 valence electrons. The van der Waals surface area contributed by atoms with E-state index in [0.29, 0.717) is 16.3 Å². The lowest BCUT2D eigenvalue weighted by atomic mass is 10.2. The van der Waals surface area contributed by atoms with Crippen LogP contribution in [0, 0.1) is 6.92 Å².